The maximum atomic E-state index is 13.2. The molecule has 2 N–H and O–H groups in total. The van der Waals surface area contributed by atoms with Gasteiger partial charge in [0.05, 0.1) is 10.6 Å². The minimum atomic E-state index is -0.549. The summed E-state index contributed by atoms with van der Waals surface area (Å²) in [6.45, 7) is 0.623. The van der Waals surface area contributed by atoms with Crippen LogP contribution in [0.25, 0.3) is 0 Å². The van der Waals surface area contributed by atoms with Crippen LogP contribution in [0.2, 0.25) is 5.02 Å². The highest BCUT2D eigenvalue weighted by atomic mass is 35.5. The van der Waals surface area contributed by atoms with Gasteiger partial charge in [-0.05, 0) is 54.4 Å². The maximum absolute atomic E-state index is 13.2. The Morgan fingerprint density at radius 2 is 1.81 bits per heavy atom. The summed E-state index contributed by atoms with van der Waals surface area (Å²) in [5.74, 6) is -0.556. The first-order valence-electron chi connectivity index (χ1n) is 8.22. The molecule has 0 saturated carbocycles. The average Bonchev–Trinajstić information content (AvgIpc) is 2.67. The van der Waals surface area contributed by atoms with E-state index in [1.165, 1.54) is 36.5 Å². The van der Waals surface area contributed by atoms with Gasteiger partial charge < -0.3 is 10.6 Å². The van der Waals surface area contributed by atoms with Gasteiger partial charge in [-0.2, -0.15) is 0 Å². The lowest BCUT2D eigenvalue weighted by Gasteiger charge is -2.08. The standard InChI is InChI=1S/C20H16ClF2N3O/c21-17-11-16(6-7-18(17)23)26-20(27)14-3-8-19(25-12-14)24-10-9-13-1-4-15(22)5-2-13/h1-8,11-12H,9-10H2,(H,24,25)(H,26,27). The molecule has 2 aromatic carbocycles. The largest absolute Gasteiger partial charge is 0.370 e. The molecule has 3 aromatic rings. The Bertz CT molecular complexity index is 931. The molecule has 0 unspecified atom stereocenters. The molecule has 0 aliphatic rings. The van der Waals surface area contributed by atoms with Crippen molar-refractivity contribution >= 4 is 29.0 Å². The van der Waals surface area contributed by atoms with Crippen LogP contribution in [0.15, 0.2) is 60.8 Å². The van der Waals surface area contributed by atoms with E-state index in [4.69, 9.17) is 11.6 Å². The zero-order valence-electron chi connectivity index (χ0n) is 14.2. The average molecular weight is 388 g/mol. The van der Waals surface area contributed by atoms with Gasteiger partial charge in [0.1, 0.15) is 17.5 Å². The van der Waals surface area contributed by atoms with E-state index in [1.807, 2.05) is 0 Å². The van der Waals surface area contributed by atoms with Crippen molar-refractivity contribution in [2.75, 3.05) is 17.2 Å². The highest BCUT2D eigenvalue weighted by Crippen LogP contribution is 2.20. The monoisotopic (exact) mass is 387 g/mol. The molecular weight excluding hydrogens is 372 g/mol. The summed E-state index contributed by atoms with van der Waals surface area (Å²) >= 11 is 5.70. The predicted octanol–water partition coefficient (Wildman–Crippen LogP) is 4.92. The van der Waals surface area contributed by atoms with Gasteiger partial charge in [-0.15, -0.1) is 0 Å². The van der Waals surface area contributed by atoms with E-state index in [9.17, 15) is 13.6 Å². The van der Waals surface area contributed by atoms with Gasteiger partial charge in [0.25, 0.3) is 5.91 Å². The van der Waals surface area contributed by atoms with Gasteiger partial charge in [0.15, 0.2) is 0 Å². The molecule has 0 fully saturated rings. The van der Waals surface area contributed by atoms with Gasteiger partial charge in [0, 0.05) is 18.4 Å². The molecule has 1 amide bonds. The summed E-state index contributed by atoms with van der Waals surface area (Å²) in [6.07, 6.45) is 2.16. The molecule has 3 rings (SSSR count). The summed E-state index contributed by atoms with van der Waals surface area (Å²) in [4.78, 5) is 16.4. The zero-order valence-corrected chi connectivity index (χ0v) is 14.9. The summed E-state index contributed by atoms with van der Waals surface area (Å²) in [5.41, 5.74) is 1.77. The quantitative estimate of drug-likeness (QED) is 0.631. The molecule has 0 saturated heterocycles. The number of hydrogen-bond acceptors (Lipinski definition) is 3. The van der Waals surface area contributed by atoms with Crippen molar-refractivity contribution in [3.63, 3.8) is 0 Å². The Balaban J connectivity index is 1.53. The van der Waals surface area contributed by atoms with E-state index in [2.05, 4.69) is 15.6 Å². The van der Waals surface area contributed by atoms with Crippen molar-refractivity contribution in [3.05, 3.63) is 88.6 Å². The zero-order chi connectivity index (χ0) is 19.2. The molecule has 1 heterocycles. The first-order chi connectivity index (χ1) is 13.0. The first-order valence-corrected chi connectivity index (χ1v) is 8.60. The summed E-state index contributed by atoms with van der Waals surface area (Å²) < 4.78 is 26.0. The Hall–Kier alpha value is -2.99. The molecule has 4 nitrogen and oxygen atoms in total. The second-order valence-electron chi connectivity index (χ2n) is 5.82. The number of hydrogen-bond donors (Lipinski definition) is 2. The minimum Gasteiger partial charge on any atom is -0.370 e. The van der Waals surface area contributed by atoms with Gasteiger partial charge in [-0.3, -0.25) is 4.79 Å². The fourth-order valence-corrected chi connectivity index (χ4v) is 2.58. The number of nitrogens with one attached hydrogen (secondary N) is 2. The smallest absolute Gasteiger partial charge is 0.257 e. The van der Waals surface area contributed by atoms with Crippen LogP contribution in [-0.2, 0) is 6.42 Å². The minimum absolute atomic E-state index is 0.0633. The number of carbonyl (C=O) groups is 1. The molecule has 0 spiro atoms. The summed E-state index contributed by atoms with van der Waals surface area (Å²) in [5, 5.41) is 5.71. The van der Waals surface area contributed by atoms with E-state index < -0.39 is 5.82 Å². The van der Waals surface area contributed by atoms with Crippen molar-refractivity contribution < 1.29 is 13.6 Å². The van der Waals surface area contributed by atoms with Gasteiger partial charge in [-0.25, -0.2) is 13.8 Å². The van der Waals surface area contributed by atoms with Crippen LogP contribution in [0.4, 0.5) is 20.3 Å². The third-order valence-corrected chi connectivity index (χ3v) is 4.13. The fraction of sp³-hybridized carbons (Fsp3) is 0.100. The van der Waals surface area contributed by atoms with Crippen LogP contribution in [0, 0.1) is 11.6 Å². The molecule has 0 atom stereocenters. The summed E-state index contributed by atoms with van der Waals surface area (Å²) in [6, 6.07) is 13.6. The summed E-state index contributed by atoms with van der Waals surface area (Å²) in [7, 11) is 0. The van der Waals surface area contributed by atoms with Crippen LogP contribution in [0.3, 0.4) is 0 Å². The third kappa shape index (κ3) is 5.24. The van der Waals surface area contributed by atoms with Crippen LogP contribution >= 0.6 is 11.6 Å². The van der Waals surface area contributed by atoms with Crippen molar-refractivity contribution in [2.24, 2.45) is 0 Å². The predicted molar refractivity (Wildman–Crippen MR) is 102 cm³/mol. The van der Waals surface area contributed by atoms with Gasteiger partial charge in [0.2, 0.25) is 0 Å². The van der Waals surface area contributed by atoms with Crippen LogP contribution in [0.1, 0.15) is 15.9 Å². The van der Waals surface area contributed by atoms with Crippen LogP contribution in [0.5, 0.6) is 0 Å². The number of benzene rings is 2. The number of rotatable bonds is 6. The molecule has 0 aliphatic carbocycles. The van der Waals surface area contributed by atoms with Crippen molar-refractivity contribution in [3.8, 4) is 0 Å². The Morgan fingerprint density at radius 1 is 1.04 bits per heavy atom. The van der Waals surface area contributed by atoms with Crippen LogP contribution < -0.4 is 10.6 Å². The van der Waals surface area contributed by atoms with Crippen molar-refractivity contribution in [1.82, 2.24) is 4.98 Å². The van der Waals surface area contributed by atoms with Gasteiger partial charge >= 0.3 is 0 Å². The second-order valence-corrected chi connectivity index (χ2v) is 6.23. The third-order valence-electron chi connectivity index (χ3n) is 3.84. The first kappa shape index (κ1) is 18.8. The number of anilines is 2. The number of aromatic nitrogens is 1. The van der Waals surface area contributed by atoms with E-state index in [-0.39, 0.29) is 16.7 Å². The Kier molecular flexibility index (Phi) is 5.98. The van der Waals surface area contributed by atoms with Crippen molar-refractivity contribution in [1.29, 1.82) is 0 Å². The number of carbonyl (C=O) groups excluding carboxylic acids is 1. The lowest BCUT2D eigenvalue weighted by atomic mass is 10.1. The molecule has 0 radical (unpaired) electrons. The van der Waals surface area contributed by atoms with E-state index >= 15 is 0 Å². The highest BCUT2D eigenvalue weighted by Gasteiger charge is 2.08. The number of halogens is 3. The van der Waals surface area contributed by atoms with Crippen LogP contribution in [-0.4, -0.2) is 17.4 Å². The number of pyridine rings is 1. The lowest BCUT2D eigenvalue weighted by molar-refractivity contribution is 0.102. The molecule has 7 heteroatoms. The maximum Gasteiger partial charge on any atom is 0.257 e. The molecule has 0 bridgehead atoms. The molecule has 27 heavy (non-hydrogen) atoms. The highest BCUT2D eigenvalue weighted by molar-refractivity contribution is 6.31. The topological polar surface area (TPSA) is 54.0 Å². The molecule has 0 aliphatic heterocycles. The molecular formula is C20H16ClF2N3O. The fourth-order valence-electron chi connectivity index (χ4n) is 2.40. The lowest BCUT2D eigenvalue weighted by Crippen LogP contribution is -2.13. The second kappa shape index (κ2) is 8.60. The normalized spacial score (nSPS) is 10.5. The SMILES string of the molecule is O=C(Nc1ccc(F)c(Cl)c1)c1ccc(NCCc2ccc(F)cc2)nc1. The van der Waals surface area contributed by atoms with E-state index in [0.717, 1.165) is 12.0 Å². The van der Waals surface area contributed by atoms with E-state index in [0.29, 0.717) is 23.6 Å². The van der Waals surface area contributed by atoms with E-state index in [1.54, 1.807) is 24.3 Å². The molecule has 138 valence electrons. The van der Waals surface area contributed by atoms with Crippen molar-refractivity contribution in [2.45, 2.75) is 6.42 Å². The molecule has 1 aromatic heterocycles. The number of nitrogens with zero attached hydrogens (tertiary/aromatic N) is 1. The Labute approximate surface area is 160 Å². The Morgan fingerprint density at radius 3 is 2.48 bits per heavy atom. The van der Waals surface area contributed by atoms with Gasteiger partial charge in [-0.1, -0.05) is 23.7 Å². The number of amides is 1.